The van der Waals surface area contributed by atoms with Gasteiger partial charge < -0.3 is 10.6 Å². The van der Waals surface area contributed by atoms with Crippen LogP contribution in [0.25, 0.3) is 0 Å². The topological polar surface area (TPSA) is 60.2 Å². The second kappa shape index (κ2) is 9.58. The number of hydrogen-bond donors (Lipinski definition) is 2. The van der Waals surface area contributed by atoms with Crippen molar-refractivity contribution < 1.29 is 0 Å². The van der Waals surface area contributed by atoms with Crippen LogP contribution in [-0.2, 0) is 12.0 Å². The number of aliphatic imine (C=N–C) groups is 1. The first-order valence-electron chi connectivity index (χ1n) is 8.75. The predicted molar refractivity (Wildman–Crippen MR) is 117 cm³/mol. The van der Waals surface area contributed by atoms with Crippen molar-refractivity contribution in [1.82, 2.24) is 10.6 Å². The molecule has 136 valence electrons. The maximum atomic E-state index is 8.99. The van der Waals surface area contributed by atoms with Gasteiger partial charge in [0.1, 0.15) is 0 Å². The SMILES string of the molecule is CN=C(NCc1cccc(C#N)c1)NCC1(c2ccccc2)CCC1.I. The Balaban J connectivity index is 0.00000243. The molecule has 0 bridgehead atoms. The van der Waals surface area contributed by atoms with E-state index in [2.05, 4.69) is 52.0 Å². The number of hydrogen-bond acceptors (Lipinski definition) is 2. The molecule has 4 nitrogen and oxygen atoms in total. The third-order valence-electron chi connectivity index (χ3n) is 5.03. The lowest BCUT2D eigenvalue weighted by atomic mass is 9.64. The number of halogens is 1. The van der Waals surface area contributed by atoms with Crippen LogP contribution < -0.4 is 10.6 Å². The average molecular weight is 460 g/mol. The number of guanidine groups is 1. The summed E-state index contributed by atoms with van der Waals surface area (Å²) in [6, 6.07) is 20.6. The standard InChI is InChI=1S/C21H24N4.HI/c1-23-20(24-15-18-8-5-7-17(13-18)14-22)25-16-21(11-6-12-21)19-9-3-2-4-10-19;/h2-5,7-10,13H,6,11-12,15-16H2,1H3,(H2,23,24,25);1H. The Morgan fingerprint density at radius 2 is 1.88 bits per heavy atom. The lowest BCUT2D eigenvalue weighted by Gasteiger charge is -2.43. The summed E-state index contributed by atoms with van der Waals surface area (Å²) >= 11 is 0. The zero-order valence-electron chi connectivity index (χ0n) is 15.0. The molecule has 2 aromatic rings. The van der Waals surface area contributed by atoms with Gasteiger partial charge in [-0.25, -0.2) is 0 Å². The van der Waals surface area contributed by atoms with Crippen molar-refractivity contribution in [2.45, 2.75) is 31.2 Å². The Morgan fingerprint density at radius 3 is 2.50 bits per heavy atom. The van der Waals surface area contributed by atoms with Crippen molar-refractivity contribution in [1.29, 1.82) is 5.26 Å². The van der Waals surface area contributed by atoms with Crippen LogP contribution in [0.1, 0.15) is 36.0 Å². The monoisotopic (exact) mass is 460 g/mol. The van der Waals surface area contributed by atoms with Gasteiger partial charge in [-0.2, -0.15) is 5.26 Å². The van der Waals surface area contributed by atoms with Gasteiger partial charge in [-0.1, -0.05) is 48.9 Å². The van der Waals surface area contributed by atoms with Gasteiger partial charge in [0.05, 0.1) is 11.6 Å². The van der Waals surface area contributed by atoms with Crippen molar-refractivity contribution in [2.75, 3.05) is 13.6 Å². The van der Waals surface area contributed by atoms with Crippen LogP contribution in [-0.4, -0.2) is 19.6 Å². The normalized spacial score (nSPS) is 15.2. The Kier molecular flexibility index (Phi) is 7.46. The van der Waals surface area contributed by atoms with Gasteiger partial charge in [-0.3, -0.25) is 4.99 Å². The smallest absolute Gasteiger partial charge is 0.191 e. The number of nitriles is 1. The molecule has 0 atom stereocenters. The van der Waals surface area contributed by atoms with Crippen LogP contribution in [0.5, 0.6) is 0 Å². The van der Waals surface area contributed by atoms with Crippen LogP contribution in [0.2, 0.25) is 0 Å². The first kappa shape index (κ1) is 20.2. The number of nitrogens with zero attached hydrogens (tertiary/aromatic N) is 2. The molecule has 1 fully saturated rings. The summed E-state index contributed by atoms with van der Waals surface area (Å²) in [4.78, 5) is 4.33. The predicted octanol–water partition coefficient (Wildman–Crippen LogP) is 3.96. The fraction of sp³-hybridized carbons (Fsp3) is 0.333. The summed E-state index contributed by atoms with van der Waals surface area (Å²) in [5, 5.41) is 15.8. The molecule has 0 aromatic heterocycles. The van der Waals surface area contributed by atoms with E-state index in [1.165, 1.54) is 24.8 Å². The molecule has 0 saturated heterocycles. The third-order valence-corrected chi connectivity index (χ3v) is 5.03. The quantitative estimate of drug-likeness (QED) is 0.404. The summed E-state index contributed by atoms with van der Waals surface area (Å²) in [5.41, 5.74) is 3.38. The molecular formula is C21H25IN4. The summed E-state index contributed by atoms with van der Waals surface area (Å²) < 4.78 is 0. The Hall–Kier alpha value is -2.07. The van der Waals surface area contributed by atoms with E-state index in [0.717, 1.165) is 18.1 Å². The van der Waals surface area contributed by atoms with E-state index >= 15 is 0 Å². The highest BCUT2D eigenvalue weighted by Crippen LogP contribution is 2.43. The second-order valence-corrected chi connectivity index (χ2v) is 6.59. The van der Waals surface area contributed by atoms with Crippen molar-refractivity contribution >= 4 is 29.9 Å². The molecule has 0 radical (unpaired) electrons. The molecule has 0 unspecified atom stereocenters. The molecule has 1 aliphatic rings. The molecule has 2 N–H and O–H groups in total. The van der Waals surface area contributed by atoms with E-state index in [4.69, 9.17) is 5.26 Å². The summed E-state index contributed by atoms with van der Waals surface area (Å²) in [6.07, 6.45) is 3.71. The molecule has 1 aliphatic carbocycles. The van der Waals surface area contributed by atoms with Crippen molar-refractivity contribution in [3.8, 4) is 6.07 Å². The Labute approximate surface area is 172 Å². The minimum absolute atomic E-state index is 0. The van der Waals surface area contributed by atoms with Gasteiger partial charge in [-0.05, 0) is 36.1 Å². The van der Waals surface area contributed by atoms with Gasteiger partial charge in [0, 0.05) is 25.6 Å². The van der Waals surface area contributed by atoms with E-state index in [0.29, 0.717) is 12.1 Å². The second-order valence-electron chi connectivity index (χ2n) is 6.59. The average Bonchev–Trinajstić information content (AvgIpc) is 2.64. The van der Waals surface area contributed by atoms with E-state index in [1.807, 2.05) is 24.3 Å². The van der Waals surface area contributed by atoms with Crippen molar-refractivity contribution in [2.24, 2.45) is 4.99 Å². The highest BCUT2D eigenvalue weighted by molar-refractivity contribution is 14.0. The molecule has 3 rings (SSSR count). The van der Waals surface area contributed by atoms with Crippen molar-refractivity contribution in [3.05, 3.63) is 71.3 Å². The lowest BCUT2D eigenvalue weighted by Crippen LogP contribution is -2.48. The minimum Gasteiger partial charge on any atom is -0.356 e. The first-order valence-corrected chi connectivity index (χ1v) is 8.75. The summed E-state index contributed by atoms with van der Waals surface area (Å²) in [7, 11) is 1.79. The molecule has 0 heterocycles. The summed E-state index contributed by atoms with van der Waals surface area (Å²) in [5.74, 6) is 0.796. The van der Waals surface area contributed by atoms with Crippen LogP contribution in [0.3, 0.4) is 0 Å². The van der Waals surface area contributed by atoms with Crippen LogP contribution >= 0.6 is 24.0 Å². The van der Waals surface area contributed by atoms with E-state index in [9.17, 15) is 0 Å². The number of benzene rings is 2. The molecule has 2 aromatic carbocycles. The molecule has 5 heteroatoms. The third kappa shape index (κ3) is 4.76. The Morgan fingerprint density at radius 1 is 1.12 bits per heavy atom. The number of rotatable bonds is 5. The van der Waals surface area contributed by atoms with Gasteiger partial charge in [0.2, 0.25) is 0 Å². The van der Waals surface area contributed by atoms with Crippen LogP contribution in [0, 0.1) is 11.3 Å². The maximum absolute atomic E-state index is 8.99. The Bertz CT molecular complexity index is 776. The van der Waals surface area contributed by atoms with Gasteiger partial charge in [0.15, 0.2) is 5.96 Å². The molecular weight excluding hydrogens is 435 g/mol. The largest absolute Gasteiger partial charge is 0.356 e. The fourth-order valence-corrected chi connectivity index (χ4v) is 3.37. The maximum Gasteiger partial charge on any atom is 0.191 e. The van der Waals surface area contributed by atoms with Gasteiger partial charge >= 0.3 is 0 Å². The minimum atomic E-state index is 0. The van der Waals surface area contributed by atoms with Crippen LogP contribution in [0.4, 0.5) is 0 Å². The summed E-state index contributed by atoms with van der Waals surface area (Å²) in [6.45, 7) is 1.53. The zero-order chi connectivity index (χ0) is 17.5. The fourth-order valence-electron chi connectivity index (χ4n) is 3.37. The first-order chi connectivity index (χ1) is 12.3. The van der Waals surface area contributed by atoms with Crippen LogP contribution in [0.15, 0.2) is 59.6 Å². The molecule has 0 amide bonds. The zero-order valence-corrected chi connectivity index (χ0v) is 17.4. The highest BCUT2D eigenvalue weighted by Gasteiger charge is 2.38. The van der Waals surface area contributed by atoms with E-state index in [1.54, 1.807) is 7.05 Å². The number of nitrogens with one attached hydrogen (secondary N) is 2. The molecule has 0 aliphatic heterocycles. The molecule has 26 heavy (non-hydrogen) atoms. The molecule has 0 spiro atoms. The van der Waals surface area contributed by atoms with E-state index < -0.39 is 0 Å². The van der Waals surface area contributed by atoms with Gasteiger partial charge in [0.25, 0.3) is 0 Å². The molecule has 1 saturated carbocycles. The van der Waals surface area contributed by atoms with Crippen molar-refractivity contribution in [3.63, 3.8) is 0 Å². The van der Waals surface area contributed by atoms with Gasteiger partial charge in [-0.15, -0.1) is 24.0 Å². The lowest BCUT2D eigenvalue weighted by molar-refractivity contribution is 0.244. The van der Waals surface area contributed by atoms with E-state index in [-0.39, 0.29) is 29.4 Å². The highest BCUT2D eigenvalue weighted by atomic mass is 127.